The van der Waals surface area contributed by atoms with E-state index >= 15 is 0 Å². The van der Waals surface area contributed by atoms with Crippen molar-refractivity contribution in [3.05, 3.63) is 42.2 Å². The highest BCUT2D eigenvalue weighted by Crippen LogP contribution is 2.37. The normalized spacial score (nSPS) is 28.5. The van der Waals surface area contributed by atoms with Crippen LogP contribution >= 0.6 is 0 Å². The number of fused-ring (bicyclic) bond motifs is 3. The molecule has 1 aromatic heterocycles. The number of hydrogen-bond donors (Lipinski definition) is 0. The van der Waals surface area contributed by atoms with Gasteiger partial charge in [0.25, 0.3) is 0 Å². The molecule has 30 heavy (non-hydrogen) atoms. The van der Waals surface area contributed by atoms with E-state index in [1.54, 1.807) is 0 Å². The molecular weight excluding hydrogens is 382 g/mol. The number of carbonyl (C=O) groups is 1. The van der Waals surface area contributed by atoms with Crippen molar-refractivity contribution in [3.8, 4) is 5.75 Å². The monoisotopic (exact) mass is 411 g/mol. The molecule has 4 aliphatic heterocycles. The van der Waals surface area contributed by atoms with E-state index in [0.717, 1.165) is 57.0 Å². The molecular formula is C22H29N5O3. The second-order valence-electron chi connectivity index (χ2n) is 8.51. The van der Waals surface area contributed by atoms with E-state index < -0.39 is 0 Å². The van der Waals surface area contributed by atoms with Crippen LogP contribution in [0.25, 0.3) is 0 Å². The van der Waals surface area contributed by atoms with E-state index in [-0.39, 0.29) is 5.92 Å². The molecule has 1 aromatic carbocycles. The number of carbonyl (C=O) groups excluding carboxylic acids is 1. The maximum Gasteiger partial charge on any atom is 0.227 e. The van der Waals surface area contributed by atoms with Crippen LogP contribution in [0.15, 0.2) is 36.5 Å². The fourth-order valence-corrected chi connectivity index (χ4v) is 5.01. The molecule has 1 unspecified atom stereocenters. The molecule has 4 atom stereocenters. The number of aromatic nitrogens is 3. The molecule has 4 fully saturated rings. The van der Waals surface area contributed by atoms with Crippen LogP contribution in [0.5, 0.6) is 5.75 Å². The highest BCUT2D eigenvalue weighted by Gasteiger charge is 2.44. The van der Waals surface area contributed by atoms with Crippen LogP contribution in [0.2, 0.25) is 0 Å². The van der Waals surface area contributed by atoms with Gasteiger partial charge in [0, 0.05) is 25.7 Å². The Balaban J connectivity index is 1.16. The molecule has 8 nitrogen and oxygen atoms in total. The number of ether oxygens (including phenoxy) is 2. The minimum absolute atomic E-state index is 0.138. The summed E-state index contributed by atoms with van der Waals surface area (Å²) in [7, 11) is 0. The summed E-state index contributed by atoms with van der Waals surface area (Å²) < 4.78 is 13.1. The Morgan fingerprint density at radius 2 is 2.00 bits per heavy atom. The summed E-state index contributed by atoms with van der Waals surface area (Å²) in [5.74, 6) is 1.77. The lowest BCUT2D eigenvalue weighted by Gasteiger charge is -2.50. The van der Waals surface area contributed by atoms with Gasteiger partial charge >= 0.3 is 0 Å². The van der Waals surface area contributed by atoms with Gasteiger partial charge in [0.15, 0.2) is 0 Å². The first-order valence-electron chi connectivity index (χ1n) is 10.9. The molecule has 2 aromatic rings. The predicted molar refractivity (Wildman–Crippen MR) is 110 cm³/mol. The van der Waals surface area contributed by atoms with Crippen LogP contribution in [-0.2, 0) is 22.7 Å². The molecule has 0 saturated carbocycles. The van der Waals surface area contributed by atoms with Gasteiger partial charge in [-0.25, -0.2) is 0 Å². The number of hydrogen-bond acceptors (Lipinski definition) is 6. The highest BCUT2D eigenvalue weighted by molar-refractivity contribution is 5.79. The third kappa shape index (κ3) is 4.20. The molecule has 0 aliphatic carbocycles. The van der Waals surface area contributed by atoms with Crippen molar-refractivity contribution in [3.63, 3.8) is 0 Å². The molecule has 1 amide bonds. The van der Waals surface area contributed by atoms with Gasteiger partial charge in [-0.2, -0.15) is 0 Å². The Labute approximate surface area is 176 Å². The van der Waals surface area contributed by atoms with Crippen LogP contribution in [0, 0.1) is 11.8 Å². The first-order chi connectivity index (χ1) is 14.8. The van der Waals surface area contributed by atoms with E-state index in [1.165, 1.54) is 0 Å². The van der Waals surface area contributed by atoms with Crippen molar-refractivity contribution >= 4 is 5.91 Å². The summed E-state index contributed by atoms with van der Waals surface area (Å²) in [5, 5.41) is 8.56. The van der Waals surface area contributed by atoms with Gasteiger partial charge in [0.2, 0.25) is 5.91 Å². The number of rotatable bonds is 6. The first kappa shape index (κ1) is 19.5. The van der Waals surface area contributed by atoms with Crippen molar-refractivity contribution in [1.29, 1.82) is 0 Å². The van der Waals surface area contributed by atoms with E-state index in [4.69, 9.17) is 9.47 Å². The van der Waals surface area contributed by atoms with Crippen LogP contribution in [0.4, 0.5) is 0 Å². The summed E-state index contributed by atoms with van der Waals surface area (Å²) in [4.78, 5) is 17.5. The number of piperidine rings is 3. The highest BCUT2D eigenvalue weighted by atomic mass is 16.5. The molecule has 6 rings (SSSR count). The average molecular weight is 412 g/mol. The summed E-state index contributed by atoms with van der Waals surface area (Å²) >= 11 is 0. The molecule has 2 bridgehead atoms. The molecule has 160 valence electrons. The lowest BCUT2D eigenvalue weighted by Crippen LogP contribution is -2.59. The Morgan fingerprint density at radius 1 is 1.17 bits per heavy atom. The van der Waals surface area contributed by atoms with E-state index in [1.807, 2.05) is 46.1 Å². The zero-order chi connectivity index (χ0) is 20.3. The summed E-state index contributed by atoms with van der Waals surface area (Å²) in [5.41, 5.74) is 0.829. The SMILES string of the molecule is O=C([C@H]1CN2CC[C@H]1C[C@@H]2Cn1cc(COc2ccccc2)nn1)N1CCOCC1. The summed E-state index contributed by atoms with van der Waals surface area (Å²) in [6, 6.07) is 10.2. The average Bonchev–Trinajstić information content (AvgIpc) is 3.26. The van der Waals surface area contributed by atoms with Gasteiger partial charge in [0.05, 0.1) is 31.9 Å². The molecule has 0 spiro atoms. The predicted octanol–water partition coefficient (Wildman–Crippen LogP) is 1.43. The Bertz CT molecular complexity index is 851. The topological polar surface area (TPSA) is 72.7 Å². The minimum Gasteiger partial charge on any atom is -0.487 e. The van der Waals surface area contributed by atoms with Crippen LogP contribution < -0.4 is 4.74 Å². The Hall–Kier alpha value is -2.45. The van der Waals surface area contributed by atoms with Crippen molar-refractivity contribution in [2.45, 2.75) is 32.0 Å². The largest absolute Gasteiger partial charge is 0.487 e. The number of morpholine rings is 1. The number of amides is 1. The van der Waals surface area contributed by atoms with Gasteiger partial charge in [-0.05, 0) is 37.4 Å². The van der Waals surface area contributed by atoms with Crippen molar-refractivity contribution in [1.82, 2.24) is 24.8 Å². The van der Waals surface area contributed by atoms with Gasteiger partial charge < -0.3 is 14.4 Å². The van der Waals surface area contributed by atoms with Gasteiger partial charge in [-0.1, -0.05) is 23.4 Å². The number of para-hydroxylation sites is 1. The van der Waals surface area contributed by atoms with Crippen molar-refractivity contribution in [2.75, 3.05) is 39.4 Å². The standard InChI is InChI=1S/C22H29N5O3/c28-22(25-8-10-29-11-9-25)21-15-26-7-6-17(21)12-19(26)14-27-13-18(23-24-27)16-30-20-4-2-1-3-5-20/h1-5,13,17,19,21H,6-12,14-16H2/t17-,19+,21-/m0/s1. The van der Waals surface area contributed by atoms with Crippen LogP contribution in [0.3, 0.4) is 0 Å². The lowest BCUT2D eigenvalue weighted by atomic mass is 9.75. The van der Waals surface area contributed by atoms with Gasteiger partial charge in [0.1, 0.15) is 18.1 Å². The second-order valence-corrected chi connectivity index (χ2v) is 8.51. The summed E-state index contributed by atoms with van der Waals surface area (Å²) in [6.07, 6.45) is 4.14. The zero-order valence-corrected chi connectivity index (χ0v) is 17.2. The van der Waals surface area contributed by atoms with Crippen LogP contribution in [0.1, 0.15) is 18.5 Å². The van der Waals surface area contributed by atoms with Crippen molar-refractivity contribution in [2.24, 2.45) is 11.8 Å². The Kier molecular flexibility index (Phi) is 5.68. The fraction of sp³-hybridized carbons (Fsp3) is 0.591. The quantitative estimate of drug-likeness (QED) is 0.716. The number of nitrogens with zero attached hydrogens (tertiary/aromatic N) is 5. The molecule has 8 heteroatoms. The summed E-state index contributed by atoms with van der Waals surface area (Å²) in [6.45, 7) is 5.96. The fourth-order valence-electron chi connectivity index (χ4n) is 5.01. The van der Waals surface area contributed by atoms with Gasteiger partial charge in [-0.15, -0.1) is 5.10 Å². The lowest BCUT2D eigenvalue weighted by molar-refractivity contribution is -0.148. The zero-order valence-electron chi connectivity index (χ0n) is 17.2. The maximum atomic E-state index is 13.0. The molecule has 4 saturated heterocycles. The van der Waals surface area contributed by atoms with E-state index in [9.17, 15) is 4.79 Å². The van der Waals surface area contributed by atoms with Crippen LogP contribution in [-0.4, -0.2) is 76.1 Å². The van der Waals surface area contributed by atoms with E-state index in [2.05, 4.69) is 15.2 Å². The third-order valence-corrected chi connectivity index (χ3v) is 6.63. The Morgan fingerprint density at radius 3 is 2.77 bits per heavy atom. The maximum absolute atomic E-state index is 13.0. The molecule has 4 aliphatic rings. The second kappa shape index (κ2) is 8.73. The van der Waals surface area contributed by atoms with E-state index in [0.29, 0.717) is 37.7 Å². The third-order valence-electron chi connectivity index (χ3n) is 6.63. The smallest absolute Gasteiger partial charge is 0.227 e. The first-order valence-corrected chi connectivity index (χ1v) is 10.9. The van der Waals surface area contributed by atoms with Gasteiger partial charge in [-0.3, -0.25) is 14.4 Å². The minimum atomic E-state index is 0.138. The number of benzene rings is 1. The molecule has 5 heterocycles. The molecule has 0 radical (unpaired) electrons. The van der Waals surface area contributed by atoms with Crippen molar-refractivity contribution < 1.29 is 14.3 Å². The molecule has 0 N–H and O–H groups in total.